The predicted molar refractivity (Wildman–Crippen MR) is 121 cm³/mol. The molecule has 3 aromatic carbocycles. The number of carbonyl (C=O) groups is 1. The van der Waals surface area contributed by atoms with Gasteiger partial charge in [0, 0.05) is 44.8 Å². The zero-order valence-electron chi connectivity index (χ0n) is 17.4. The van der Waals surface area contributed by atoms with Crippen LogP contribution in [0.3, 0.4) is 0 Å². The Balaban J connectivity index is 1.18. The molecule has 3 aromatic rings. The van der Waals surface area contributed by atoms with Crippen LogP contribution >= 0.6 is 0 Å². The van der Waals surface area contributed by atoms with Gasteiger partial charge in [0.15, 0.2) is 0 Å². The standard InChI is InChI=1S/C26H26FN3O/c27-19-9-11-20(12-10-19)28-25(31)13-14-29-15-17-30(18-16-29)26-23-7-3-1-5-21(23)22-6-2-4-8-24(22)26/h1-12,26H,13-18H2,(H,28,31). The Morgan fingerprint density at radius 2 is 1.42 bits per heavy atom. The summed E-state index contributed by atoms with van der Waals surface area (Å²) in [7, 11) is 0. The monoisotopic (exact) mass is 415 g/mol. The van der Waals surface area contributed by atoms with Gasteiger partial charge in [-0.3, -0.25) is 9.69 Å². The van der Waals surface area contributed by atoms with Crippen molar-refractivity contribution in [1.29, 1.82) is 0 Å². The number of hydrogen-bond donors (Lipinski definition) is 1. The summed E-state index contributed by atoms with van der Waals surface area (Å²) in [6, 6.07) is 23.7. The molecule has 0 unspecified atom stereocenters. The quantitative estimate of drug-likeness (QED) is 0.665. The van der Waals surface area contributed by atoms with E-state index in [2.05, 4.69) is 63.6 Å². The van der Waals surface area contributed by atoms with Crippen molar-refractivity contribution in [3.05, 3.63) is 89.7 Å². The summed E-state index contributed by atoms with van der Waals surface area (Å²) in [4.78, 5) is 17.2. The van der Waals surface area contributed by atoms with Gasteiger partial charge in [0.1, 0.15) is 5.82 Å². The maximum atomic E-state index is 13.0. The van der Waals surface area contributed by atoms with Crippen molar-refractivity contribution >= 4 is 11.6 Å². The molecule has 0 spiro atoms. The molecule has 1 aliphatic carbocycles. The molecule has 0 saturated carbocycles. The molecule has 158 valence electrons. The van der Waals surface area contributed by atoms with Gasteiger partial charge in [0.25, 0.3) is 0 Å². The lowest BCUT2D eigenvalue weighted by Gasteiger charge is -2.38. The van der Waals surface area contributed by atoms with Crippen molar-refractivity contribution in [2.24, 2.45) is 0 Å². The molecule has 0 atom stereocenters. The van der Waals surface area contributed by atoms with Gasteiger partial charge in [-0.15, -0.1) is 0 Å². The van der Waals surface area contributed by atoms with Crippen molar-refractivity contribution < 1.29 is 9.18 Å². The normalized spacial score (nSPS) is 16.7. The highest BCUT2D eigenvalue weighted by atomic mass is 19.1. The zero-order valence-corrected chi connectivity index (χ0v) is 17.4. The molecule has 31 heavy (non-hydrogen) atoms. The minimum absolute atomic E-state index is 0.0346. The second-order valence-electron chi connectivity index (χ2n) is 8.26. The Kier molecular flexibility index (Phi) is 5.53. The number of rotatable bonds is 5. The number of piperazine rings is 1. The average molecular weight is 416 g/mol. The molecule has 1 amide bonds. The molecule has 0 radical (unpaired) electrons. The molecule has 1 heterocycles. The van der Waals surface area contributed by atoms with Gasteiger partial charge in [-0.2, -0.15) is 0 Å². The molecule has 1 N–H and O–H groups in total. The Bertz CT molecular complexity index is 1030. The lowest BCUT2D eigenvalue weighted by Crippen LogP contribution is -2.48. The summed E-state index contributed by atoms with van der Waals surface area (Å²) in [5.41, 5.74) is 6.13. The summed E-state index contributed by atoms with van der Waals surface area (Å²) in [6.07, 6.45) is 0.437. The van der Waals surface area contributed by atoms with Crippen LogP contribution in [-0.4, -0.2) is 48.4 Å². The number of halogens is 1. The molecular weight excluding hydrogens is 389 g/mol. The first-order valence-electron chi connectivity index (χ1n) is 10.9. The van der Waals surface area contributed by atoms with E-state index in [4.69, 9.17) is 0 Å². The van der Waals surface area contributed by atoms with Crippen LogP contribution in [0.15, 0.2) is 72.8 Å². The molecule has 4 nitrogen and oxygen atoms in total. The number of nitrogens with one attached hydrogen (secondary N) is 1. The molecule has 5 heteroatoms. The number of carbonyl (C=O) groups excluding carboxylic acids is 1. The van der Waals surface area contributed by atoms with Gasteiger partial charge < -0.3 is 10.2 Å². The van der Waals surface area contributed by atoms with E-state index in [0.29, 0.717) is 18.2 Å². The van der Waals surface area contributed by atoms with Crippen LogP contribution in [0.5, 0.6) is 0 Å². The fraction of sp³-hybridized carbons (Fsp3) is 0.269. The van der Waals surface area contributed by atoms with Crippen molar-refractivity contribution in [2.45, 2.75) is 12.5 Å². The topological polar surface area (TPSA) is 35.6 Å². The van der Waals surface area contributed by atoms with Crippen molar-refractivity contribution in [3.8, 4) is 11.1 Å². The second-order valence-corrected chi connectivity index (χ2v) is 8.26. The molecule has 5 rings (SSSR count). The SMILES string of the molecule is O=C(CCN1CCN(C2c3ccccc3-c3ccccc32)CC1)Nc1ccc(F)cc1. The highest BCUT2D eigenvalue weighted by Gasteiger charge is 2.34. The second kappa shape index (κ2) is 8.61. The van der Waals surface area contributed by atoms with Crippen LogP contribution in [0.2, 0.25) is 0 Å². The van der Waals surface area contributed by atoms with Crippen molar-refractivity contribution in [1.82, 2.24) is 9.80 Å². The summed E-state index contributed by atoms with van der Waals surface area (Å²) < 4.78 is 13.0. The third-order valence-electron chi connectivity index (χ3n) is 6.36. The van der Waals surface area contributed by atoms with E-state index in [-0.39, 0.29) is 11.7 Å². The Morgan fingerprint density at radius 1 is 0.839 bits per heavy atom. The summed E-state index contributed by atoms with van der Waals surface area (Å²) in [6.45, 7) is 4.59. The molecule has 0 aromatic heterocycles. The number of benzene rings is 3. The lowest BCUT2D eigenvalue weighted by atomic mass is 10.0. The highest BCUT2D eigenvalue weighted by molar-refractivity contribution is 5.90. The van der Waals surface area contributed by atoms with Gasteiger partial charge in [-0.1, -0.05) is 48.5 Å². The van der Waals surface area contributed by atoms with Crippen molar-refractivity contribution in [2.75, 3.05) is 38.0 Å². The van der Waals surface area contributed by atoms with Crippen LogP contribution in [0.4, 0.5) is 10.1 Å². The summed E-state index contributed by atoms with van der Waals surface area (Å²) >= 11 is 0. The Hall–Kier alpha value is -3.02. The summed E-state index contributed by atoms with van der Waals surface area (Å²) in [5, 5.41) is 2.84. The van der Waals surface area contributed by atoms with E-state index >= 15 is 0 Å². The van der Waals surface area contributed by atoms with E-state index in [1.54, 1.807) is 12.1 Å². The van der Waals surface area contributed by atoms with E-state index in [1.165, 1.54) is 34.4 Å². The van der Waals surface area contributed by atoms with Gasteiger partial charge in [-0.25, -0.2) is 4.39 Å². The Labute approximate surface area is 182 Å². The maximum absolute atomic E-state index is 13.0. The van der Waals surface area contributed by atoms with Gasteiger partial charge in [0.05, 0.1) is 6.04 Å². The average Bonchev–Trinajstić information content (AvgIpc) is 3.14. The number of anilines is 1. The molecule has 1 saturated heterocycles. The van der Waals surface area contributed by atoms with Crippen LogP contribution < -0.4 is 5.32 Å². The van der Waals surface area contributed by atoms with E-state index in [0.717, 1.165) is 32.7 Å². The molecular formula is C26H26FN3O. The fourth-order valence-electron chi connectivity index (χ4n) is 4.78. The van der Waals surface area contributed by atoms with Gasteiger partial charge in [0.2, 0.25) is 5.91 Å². The van der Waals surface area contributed by atoms with Crippen LogP contribution in [0.25, 0.3) is 11.1 Å². The Morgan fingerprint density at radius 3 is 2.03 bits per heavy atom. The van der Waals surface area contributed by atoms with E-state index in [9.17, 15) is 9.18 Å². The predicted octanol–water partition coefficient (Wildman–Crippen LogP) is 4.54. The summed E-state index contributed by atoms with van der Waals surface area (Å²) in [5.74, 6) is -0.337. The van der Waals surface area contributed by atoms with Crippen molar-refractivity contribution in [3.63, 3.8) is 0 Å². The van der Waals surface area contributed by atoms with Crippen LogP contribution in [-0.2, 0) is 4.79 Å². The number of hydrogen-bond acceptors (Lipinski definition) is 3. The first-order valence-corrected chi connectivity index (χ1v) is 10.9. The van der Waals surface area contributed by atoms with Crippen LogP contribution in [0, 0.1) is 5.82 Å². The van der Waals surface area contributed by atoms with E-state index in [1.807, 2.05) is 0 Å². The first-order chi connectivity index (χ1) is 15.2. The maximum Gasteiger partial charge on any atom is 0.225 e. The van der Waals surface area contributed by atoms with E-state index < -0.39 is 0 Å². The number of nitrogens with zero attached hydrogens (tertiary/aromatic N) is 2. The largest absolute Gasteiger partial charge is 0.326 e. The molecule has 1 fully saturated rings. The number of fused-ring (bicyclic) bond motifs is 3. The minimum atomic E-state index is -0.302. The minimum Gasteiger partial charge on any atom is -0.326 e. The fourth-order valence-corrected chi connectivity index (χ4v) is 4.78. The molecule has 0 bridgehead atoms. The lowest BCUT2D eigenvalue weighted by molar-refractivity contribution is -0.116. The first kappa shape index (κ1) is 19.9. The zero-order chi connectivity index (χ0) is 21.2. The molecule has 1 aliphatic heterocycles. The van der Waals surface area contributed by atoms with Gasteiger partial charge in [-0.05, 0) is 46.5 Å². The third kappa shape index (κ3) is 4.11. The molecule has 2 aliphatic rings. The van der Waals surface area contributed by atoms with Gasteiger partial charge >= 0.3 is 0 Å². The third-order valence-corrected chi connectivity index (χ3v) is 6.36. The highest BCUT2D eigenvalue weighted by Crippen LogP contribution is 2.46. The number of amides is 1. The van der Waals surface area contributed by atoms with Crippen LogP contribution in [0.1, 0.15) is 23.6 Å². The smallest absolute Gasteiger partial charge is 0.225 e.